The number of thioether (sulfide) groups is 1. The Morgan fingerprint density at radius 1 is 1.31 bits per heavy atom. The van der Waals surface area contributed by atoms with Crippen LogP contribution >= 0.6 is 35.0 Å². The van der Waals surface area contributed by atoms with E-state index in [2.05, 4.69) is 4.90 Å². The number of carboxylic acid groups (broad SMARTS) is 1. The minimum Gasteiger partial charge on any atom is -0.481 e. The zero-order valence-corrected chi connectivity index (χ0v) is 18.4. The maximum Gasteiger partial charge on any atom is 0.308 e. The number of fused-ring (bicyclic) bond motifs is 1. The highest BCUT2D eigenvalue weighted by atomic mass is 35.5. The van der Waals surface area contributed by atoms with Crippen LogP contribution in [0, 0.1) is 12.8 Å². The van der Waals surface area contributed by atoms with Crippen molar-refractivity contribution in [2.75, 3.05) is 24.2 Å². The molecule has 1 aliphatic rings. The van der Waals surface area contributed by atoms with E-state index in [9.17, 15) is 9.90 Å². The Bertz CT molecular complexity index is 1100. The van der Waals surface area contributed by atoms with E-state index < -0.39 is 5.97 Å². The second kappa shape index (κ2) is 8.05. The highest BCUT2D eigenvalue weighted by molar-refractivity contribution is 7.98. The number of aryl methyl sites for hydroxylation is 1. The molecule has 1 unspecified atom stereocenters. The Hall–Kier alpha value is -1.96. The van der Waals surface area contributed by atoms with E-state index in [4.69, 9.17) is 33.3 Å². The lowest BCUT2D eigenvalue weighted by Gasteiger charge is -2.33. The van der Waals surface area contributed by atoms with Crippen LogP contribution in [0.1, 0.15) is 18.5 Å². The molecule has 6 nitrogen and oxygen atoms in total. The van der Waals surface area contributed by atoms with Crippen molar-refractivity contribution in [3.8, 4) is 11.3 Å². The molecule has 152 valence electrons. The van der Waals surface area contributed by atoms with E-state index in [-0.39, 0.29) is 5.92 Å². The third-order valence-electron chi connectivity index (χ3n) is 5.19. The highest BCUT2D eigenvalue weighted by Crippen LogP contribution is 2.36. The number of piperidine rings is 1. The third kappa shape index (κ3) is 3.79. The molecular formula is C20H20Cl2N4O2S. The lowest BCUT2D eigenvalue weighted by Crippen LogP contribution is -2.40. The Balaban J connectivity index is 1.88. The zero-order valence-electron chi connectivity index (χ0n) is 16.0. The summed E-state index contributed by atoms with van der Waals surface area (Å²) in [5.41, 5.74) is 3.07. The first-order valence-electron chi connectivity index (χ1n) is 9.26. The number of carbonyl (C=O) groups is 1. The van der Waals surface area contributed by atoms with Crippen molar-refractivity contribution >= 4 is 52.4 Å². The first kappa shape index (κ1) is 20.3. The first-order valence-corrected chi connectivity index (χ1v) is 11.2. The second-order valence-corrected chi connectivity index (χ2v) is 8.76. The van der Waals surface area contributed by atoms with Crippen molar-refractivity contribution in [3.05, 3.63) is 40.0 Å². The number of carboxylic acids is 1. The van der Waals surface area contributed by atoms with E-state index in [1.54, 1.807) is 23.9 Å². The van der Waals surface area contributed by atoms with E-state index in [0.717, 1.165) is 34.9 Å². The van der Waals surface area contributed by atoms with E-state index in [0.29, 0.717) is 34.4 Å². The van der Waals surface area contributed by atoms with Crippen molar-refractivity contribution in [1.82, 2.24) is 14.6 Å². The average Bonchev–Trinajstić information content (AvgIpc) is 3.09. The number of anilines is 1. The standard InChI is InChI=1S/C20H20Cl2N4O2S/c1-11-18(29-2)19(25-7-3-4-12(10-25)20(27)28)26-17(23-11)9-16(24-26)14-6-5-13(21)8-15(14)22/h5-6,8-9,12H,3-4,7,10H2,1-2H3,(H,27,28). The van der Waals surface area contributed by atoms with E-state index in [1.807, 2.05) is 29.8 Å². The lowest BCUT2D eigenvalue weighted by atomic mass is 9.98. The summed E-state index contributed by atoms with van der Waals surface area (Å²) < 4.78 is 1.81. The van der Waals surface area contributed by atoms with Gasteiger partial charge in [-0.1, -0.05) is 23.2 Å². The molecule has 0 bridgehead atoms. The van der Waals surface area contributed by atoms with Gasteiger partial charge in [-0.15, -0.1) is 11.8 Å². The normalized spacial score (nSPS) is 17.1. The number of rotatable bonds is 4. The number of aromatic nitrogens is 3. The fourth-order valence-electron chi connectivity index (χ4n) is 3.80. The number of halogens is 2. The van der Waals surface area contributed by atoms with Gasteiger partial charge in [-0.2, -0.15) is 9.61 Å². The molecule has 1 aliphatic heterocycles. The van der Waals surface area contributed by atoms with Crippen LogP contribution in [0.4, 0.5) is 5.82 Å². The fourth-order valence-corrected chi connectivity index (χ4v) is 5.05. The number of aliphatic carboxylic acids is 1. The van der Waals surface area contributed by atoms with Crippen molar-refractivity contribution in [1.29, 1.82) is 0 Å². The van der Waals surface area contributed by atoms with Gasteiger partial charge in [0.2, 0.25) is 0 Å². The predicted molar refractivity (Wildman–Crippen MR) is 118 cm³/mol. The molecule has 1 N–H and O–H groups in total. The second-order valence-electron chi connectivity index (χ2n) is 7.10. The number of hydrogen-bond donors (Lipinski definition) is 1. The van der Waals surface area contributed by atoms with Crippen molar-refractivity contribution in [2.45, 2.75) is 24.7 Å². The van der Waals surface area contributed by atoms with Gasteiger partial charge in [-0.25, -0.2) is 4.98 Å². The molecule has 0 radical (unpaired) electrons. The van der Waals surface area contributed by atoms with E-state index >= 15 is 0 Å². The molecule has 1 fully saturated rings. The van der Waals surface area contributed by atoms with Crippen LogP contribution in [-0.2, 0) is 4.79 Å². The lowest BCUT2D eigenvalue weighted by molar-refractivity contribution is -0.141. The SMILES string of the molecule is CSc1c(C)nc2cc(-c3ccc(Cl)cc3Cl)nn2c1N1CCCC(C(=O)O)C1. The molecule has 0 aliphatic carbocycles. The molecule has 3 aromatic rings. The molecule has 0 spiro atoms. The molecule has 1 aromatic carbocycles. The Kier molecular flexibility index (Phi) is 5.64. The van der Waals surface area contributed by atoms with Gasteiger partial charge in [0, 0.05) is 29.7 Å². The van der Waals surface area contributed by atoms with Gasteiger partial charge < -0.3 is 10.0 Å². The summed E-state index contributed by atoms with van der Waals surface area (Å²) in [6, 6.07) is 7.21. The molecule has 9 heteroatoms. The molecule has 29 heavy (non-hydrogen) atoms. The molecular weight excluding hydrogens is 431 g/mol. The van der Waals surface area contributed by atoms with Crippen LogP contribution in [0.15, 0.2) is 29.2 Å². The predicted octanol–water partition coefficient (Wildman–Crippen LogP) is 5.03. The monoisotopic (exact) mass is 450 g/mol. The highest BCUT2D eigenvalue weighted by Gasteiger charge is 2.29. The minimum atomic E-state index is -0.753. The smallest absolute Gasteiger partial charge is 0.308 e. The topological polar surface area (TPSA) is 70.7 Å². The van der Waals surface area contributed by atoms with Crippen LogP contribution < -0.4 is 4.90 Å². The fraction of sp³-hybridized carbons (Fsp3) is 0.350. The molecule has 1 atom stereocenters. The summed E-state index contributed by atoms with van der Waals surface area (Å²) >= 11 is 14.0. The van der Waals surface area contributed by atoms with Crippen LogP contribution in [0.5, 0.6) is 0 Å². The summed E-state index contributed by atoms with van der Waals surface area (Å²) in [6.45, 7) is 3.21. The Labute approximate surface area is 182 Å². The van der Waals surface area contributed by atoms with Gasteiger partial charge in [0.15, 0.2) is 5.65 Å². The summed E-state index contributed by atoms with van der Waals surface area (Å²) in [5, 5.41) is 15.4. The van der Waals surface area contributed by atoms with Gasteiger partial charge in [0.1, 0.15) is 5.82 Å². The van der Waals surface area contributed by atoms with E-state index in [1.165, 1.54) is 0 Å². The summed E-state index contributed by atoms with van der Waals surface area (Å²) in [5.74, 6) is -0.249. The zero-order chi connectivity index (χ0) is 20.7. The van der Waals surface area contributed by atoms with Crippen molar-refractivity contribution < 1.29 is 9.90 Å². The quantitative estimate of drug-likeness (QED) is 0.561. The van der Waals surface area contributed by atoms with Gasteiger partial charge in [-0.05, 0) is 44.2 Å². The molecule has 2 aromatic heterocycles. The molecule has 4 rings (SSSR count). The largest absolute Gasteiger partial charge is 0.481 e. The molecule has 0 saturated carbocycles. The van der Waals surface area contributed by atoms with Crippen LogP contribution in [0.25, 0.3) is 16.9 Å². The molecule has 0 amide bonds. The van der Waals surface area contributed by atoms with Gasteiger partial charge in [0.25, 0.3) is 0 Å². The van der Waals surface area contributed by atoms with Crippen molar-refractivity contribution in [3.63, 3.8) is 0 Å². The van der Waals surface area contributed by atoms with Crippen LogP contribution in [0.2, 0.25) is 10.0 Å². The summed E-state index contributed by atoms with van der Waals surface area (Å²) in [6.07, 6.45) is 3.52. The molecule has 1 saturated heterocycles. The maximum absolute atomic E-state index is 11.6. The Morgan fingerprint density at radius 2 is 2.10 bits per heavy atom. The average molecular weight is 451 g/mol. The Morgan fingerprint density at radius 3 is 2.79 bits per heavy atom. The minimum absolute atomic E-state index is 0.386. The van der Waals surface area contributed by atoms with Crippen LogP contribution in [0.3, 0.4) is 0 Å². The van der Waals surface area contributed by atoms with Gasteiger partial charge >= 0.3 is 5.97 Å². The summed E-state index contributed by atoms with van der Waals surface area (Å²) in [4.78, 5) is 19.4. The third-order valence-corrected chi connectivity index (χ3v) is 6.62. The number of hydrogen-bond acceptors (Lipinski definition) is 5. The van der Waals surface area contributed by atoms with Crippen molar-refractivity contribution in [2.24, 2.45) is 5.92 Å². The maximum atomic E-state index is 11.6. The van der Waals surface area contributed by atoms with Gasteiger partial charge in [-0.3, -0.25) is 4.79 Å². The number of nitrogens with zero attached hydrogens (tertiary/aromatic N) is 4. The molecule has 3 heterocycles. The van der Waals surface area contributed by atoms with Crippen LogP contribution in [-0.4, -0.2) is 45.0 Å². The number of benzene rings is 1. The summed E-state index contributed by atoms with van der Waals surface area (Å²) in [7, 11) is 0. The van der Waals surface area contributed by atoms with Gasteiger partial charge in [0.05, 0.1) is 27.2 Å². The first-order chi connectivity index (χ1) is 13.9.